The van der Waals surface area contributed by atoms with Crippen molar-refractivity contribution in [1.82, 2.24) is 10.2 Å². The number of carbonyl (C=O) groups is 2. The summed E-state index contributed by atoms with van der Waals surface area (Å²) in [6, 6.07) is 8.61. The summed E-state index contributed by atoms with van der Waals surface area (Å²) in [5.41, 5.74) is 0.886. The number of hydrogen-bond acceptors (Lipinski definition) is 3. The van der Waals surface area contributed by atoms with Crippen LogP contribution in [0.5, 0.6) is 0 Å². The number of carboxylic acid groups (broad SMARTS) is 1. The Morgan fingerprint density at radius 1 is 1.25 bits per heavy atom. The van der Waals surface area contributed by atoms with Crippen molar-refractivity contribution in [3.05, 3.63) is 35.9 Å². The molecule has 0 bridgehead atoms. The van der Waals surface area contributed by atoms with Crippen LogP contribution in [0.4, 0.5) is 0 Å². The number of carboxylic acids is 1. The molecule has 0 aliphatic rings. The molecular weight excluding hydrogens is 256 g/mol. The molecule has 1 rings (SSSR count). The van der Waals surface area contributed by atoms with Crippen molar-refractivity contribution >= 4 is 11.9 Å². The fraction of sp³-hybridized carbons (Fsp3) is 0.467. The number of likely N-dealkylation sites (N-methyl/N-ethyl adjacent to an activating group) is 1. The highest BCUT2D eigenvalue weighted by molar-refractivity contribution is 5.84. The van der Waals surface area contributed by atoms with Crippen molar-refractivity contribution < 1.29 is 14.7 Å². The maximum absolute atomic E-state index is 11.8. The number of hydrogen-bond donors (Lipinski definition) is 2. The summed E-state index contributed by atoms with van der Waals surface area (Å²) in [7, 11) is 1.83. The van der Waals surface area contributed by atoms with Gasteiger partial charge in [0, 0.05) is 12.5 Å². The maximum atomic E-state index is 11.8. The van der Waals surface area contributed by atoms with Gasteiger partial charge in [0.2, 0.25) is 5.91 Å². The number of nitrogens with zero attached hydrogens (tertiary/aromatic N) is 1. The standard InChI is InChI=1S/C15H22N2O3/c1-11(2)17(3)10-14(18)16-13(15(19)20)9-12-7-5-4-6-8-12/h4-8,11,13H,9-10H2,1-3H3,(H,16,18)(H,19,20)/t13-/m0/s1. The zero-order valence-corrected chi connectivity index (χ0v) is 12.2. The highest BCUT2D eigenvalue weighted by Gasteiger charge is 2.21. The number of aliphatic carboxylic acids is 1. The number of benzene rings is 1. The van der Waals surface area contributed by atoms with Crippen LogP contribution in [0.2, 0.25) is 0 Å². The van der Waals surface area contributed by atoms with E-state index in [9.17, 15) is 14.7 Å². The smallest absolute Gasteiger partial charge is 0.326 e. The fourth-order valence-corrected chi connectivity index (χ4v) is 1.70. The van der Waals surface area contributed by atoms with E-state index in [4.69, 9.17) is 0 Å². The van der Waals surface area contributed by atoms with E-state index >= 15 is 0 Å². The van der Waals surface area contributed by atoms with Crippen molar-refractivity contribution in [1.29, 1.82) is 0 Å². The van der Waals surface area contributed by atoms with E-state index in [-0.39, 0.29) is 24.9 Å². The summed E-state index contributed by atoms with van der Waals surface area (Å²) in [4.78, 5) is 24.9. The second-order valence-electron chi connectivity index (χ2n) is 5.16. The lowest BCUT2D eigenvalue weighted by Crippen LogP contribution is -2.47. The molecule has 0 spiro atoms. The molecule has 0 fully saturated rings. The molecule has 1 amide bonds. The first-order valence-electron chi connectivity index (χ1n) is 6.66. The van der Waals surface area contributed by atoms with Crippen molar-refractivity contribution in [2.45, 2.75) is 32.4 Å². The zero-order valence-electron chi connectivity index (χ0n) is 12.2. The van der Waals surface area contributed by atoms with E-state index in [1.165, 1.54) is 0 Å². The van der Waals surface area contributed by atoms with E-state index in [2.05, 4.69) is 5.32 Å². The first-order chi connectivity index (χ1) is 9.40. The topological polar surface area (TPSA) is 69.6 Å². The lowest BCUT2D eigenvalue weighted by Gasteiger charge is -2.22. The van der Waals surface area contributed by atoms with Gasteiger partial charge < -0.3 is 10.4 Å². The summed E-state index contributed by atoms with van der Waals surface area (Å²) in [5, 5.41) is 11.8. The largest absolute Gasteiger partial charge is 0.480 e. The van der Waals surface area contributed by atoms with Gasteiger partial charge in [-0.15, -0.1) is 0 Å². The Hall–Kier alpha value is -1.88. The van der Waals surface area contributed by atoms with Crippen LogP contribution in [0.1, 0.15) is 19.4 Å². The third kappa shape index (κ3) is 5.40. The number of rotatable bonds is 7. The van der Waals surface area contributed by atoms with E-state index in [1.54, 1.807) is 0 Å². The van der Waals surface area contributed by atoms with Crippen LogP contribution < -0.4 is 5.32 Å². The van der Waals surface area contributed by atoms with Crippen LogP contribution >= 0.6 is 0 Å². The number of amides is 1. The van der Waals surface area contributed by atoms with Crippen molar-refractivity contribution in [3.63, 3.8) is 0 Å². The predicted molar refractivity (Wildman–Crippen MR) is 77.5 cm³/mol. The van der Waals surface area contributed by atoms with Crippen LogP contribution in [-0.2, 0) is 16.0 Å². The monoisotopic (exact) mass is 278 g/mol. The summed E-state index contributed by atoms with van der Waals surface area (Å²) in [6.07, 6.45) is 0.285. The lowest BCUT2D eigenvalue weighted by molar-refractivity contribution is -0.141. The van der Waals surface area contributed by atoms with Gasteiger partial charge in [0.05, 0.1) is 6.54 Å². The highest BCUT2D eigenvalue weighted by Crippen LogP contribution is 2.04. The van der Waals surface area contributed by atoms with Gasteiger partial charge in [-0.1, -0.05) is 30.3 Å². The summed E-state index contributed by atoms with van der Waals surface area (Å²) in [6.45, 7) is 4.15. The Morgan fingerprint density at radius 2 is 1.85 bits per heavy atom. The van der Waals surface area contributed by atoms with E-state index < -0.39 is 12.0 Å². The van der Waals surface area contributed by atoms with Gasteiger partial charge in [-0.3, -0.25) is 9.69 Å². The van der Waals surface area contributed by atoms with Gasteiger partial charge in [-0.25, -0.2) is 4.79 Å². The zero-order chi connectivity index (χ0) is 15.1. The van der Waals surface area contributed by atoms with Crippen molar-refractivity contribution in [2.75, 3.05) is 13.6 Å². The Kier molecular flexibility index (Phi) is 6.18. The Balaban J connectivity index is 2.59. The van der Waals surface area contributed by atoms with Crippen molar-refractivity contribution in [2.24, 2.45) is 0 Å². The molecule has 110 valence electrons. The minimum absolute atomic E-state index is 0.191. The second-order valence-corrected chi connectivity index (χ2v) is 5.16. The third-order valence-electron chi connectivity index (χ3n) is 3.19. The van der Waals surface area contributed by atoms with E-state index in [0.717, 1.165) is 5.56 Å². The van der Waals surface area contributed by atoms with Crippen LogP contribution in [0, 0.1) is 0 Å². The maximum Gasteiger partial charge on any atom is 0.326 e. The third-order valence-corrected chi connectivity index (χ3v) is 3.19. The first kappa shape index (κ1) is 16.2. The Labute approximate surface area is 119 Å². The summed E-state index contributed by atoms with van der Waals surface area (Å²) < 4.78 is 0. The highest BCUT2D eigenvalue weighted by atomic mass is 16.4. The van der Waals surface area contributed by atoms with Gasteiger partial charge >= 0.3 is 5.97 Å². The molecule has 0 aliphatic carbocycles. The average Bonchev–Trinajstić information content (AvgIpc) is 2.38. The quantitative estimate of drug-likeness (QED) is 0.784. The lowest BCUT2D eigenvalue weighted by atomic mass is 10.1. The summed E-state index contributed by atoms with van der Waals surface area (Å²) >= 11 is 0. The Bertz CT molecular complexity index is 446. The minimum atomic E-state index is -1.02. The molecule has 5 nitrogen and oxygen atoms in total. The molecule has 0 saturated heterocycles. The molecule has 5 heteroatoms. The second kappa shape index (κ2) is 7.65. The Morgan fingerprint density at radius 3 is 2.35 bits per heavy atom. The molecule has 2 N–H and O–H groups in total. The number of nitrogens with one attached hydrogen (secondary N) is 1. The summed E-state index contributed by atoms with van der Waals surface area (Å²) in [5.74, 6) is -1.29. The van der Waals surface area contributed by atoms with E-state index in [0.29, 0.717) is 0 Å². The normalized spacial score (nSPS) is 12.4. The van der Waals surface area contributed by atoms with Gasteiger partial charge in [-0.2, -0.15) is 0 Å². The van der Waals surface area contributed by atoms with Crippen LogP contribution in [0.15, 0.2) is 30.3 Å². The molecule has 1 aromatic rings. The molecule has 20 heavy (non-hydrogen) atoms. The van der Waals surface area contributed by atoms with Gasteiger partial charge in [0.25, 0.3) is 0 Å². The van der Waals surface area contributed by atoms with Crippen LogP contribution in [0.25, 0.3) is 0 Å². The molecule has 0 saturated carbocycles. The van der Waals surface area contributed by atoms with Crippen molar-refractivity contribution in [3.8, 4) is 0 Å². The van der Waals surface area contributed by atoms with Gasteiger partial charge in [0.15, 0.2) is 0 Å². The molecule has 0 radical (unpaired) electrons. The first-order valence-corrected chi connectivity index (χ1v) is 6.66. The molecule has 0 heterocycles. The molecule has 0 unspecified atom stereocenters. The number of carbonyl (C=O) groups excluding carboxylic acids is 1. The molecule has 0 aliphatic heterocycles. The van der Waals surface area contributed by atoms with E-state index in [1.807, 2.05) is 56.1 Å². The average molecular weight is 278 g/mol. The molecular formula is C15H22N2O3. The SMILES string of the molecule is CC(C)N(C)CC(=O)N[C@@H](Cc1ccccc1)C(=O)O. The molecule has 0 aromatic heterocycles. The minimum Gasteiger partial charge on any atom is -0.480 e. The van der Waals surface area contributed by atoms with Gasteiger partial charge in [-0.05, 0) is 26.5 Å². The predicted octanol–water partition coefficient (Wildman–Crippen LogP) is 1.14. The fourth-order valence-electron chi connectivity index (χ4n) is 1.70. The van der Waals surface area contributed by atoms with Gasteiger partial charge in [0.1, 0.15) is 6.04 Å². The van der Waals surface area contributed by atoms with Crippen LogP contribution in [0.3, 0.4) is 0 Å². The molecule has 1 aromatic carbocycles. The van der Waals surface area contributed by atoms with Crippen LogP contribution in [-0.4, -0.2) is 47.6 Å². The molecule has 1 atom stereocenters.